The molecule has 0 fully saturated rings. The van der Waals surface area contributed by atoms with Gasteiger partial charge in [0.1, 0.15) is 5.69 Å². The van der Waals surface area contributed by atoms with E-state index in [1.807, 2.05) is 13.0 Å². The van der Waals surface area contributed by atoms with Crippen molar-refractivity contribution in [2.24, 2.45) is 7.05 Å². The molecule has 0 saturated heterocycles. The second-order valence-electron chi connectivity index (χ2n) is 4.92. The lowest BCUT2D eigenvalue weighted by Gasteiger charge is -2.08. The number of nitrogens with one attached hydrogen (secondary N) is 1. The van der Waals surface area contributed by atoms with E-state index < -0.39 is 15.9 Å². The molecular weight excluding hydrogens is 302 g/mol. The van der Waals surface area contributed by atoms with Gasteiger partial charge in [0.25, 0.3) is 5.91 Å². The summed E-state index contributed by atoms with van der Waals surface area (Å²) in [7, 11) is -2.11. The Morgan fingerprint density at radius 3 is 2.36 bits per heavy atom. The molecule has 2 aromatic rings. The minimum absolute atomic E-state index is 0.279. The fourth-order valence-electron chi connectivity index (χ4n) is 1.97. The highest BCUT2D eigenvalue weighted by Gasteiger charge is 2.19. The molecule has 0 unspecified atom stereocenters. The van der Waals surface area contributed by atoms with Crippen LogP contribution in [0.15, 0.2) is 36.4 Å². The number of carbonyl (C=O) groups excluding carboxylic acids is 1. The number of nitriles is 1. The Labute approximate surface area is 129 Å². The zero-order valence-electron chi connectivity index (χ0n) is 12.2. The number of sulfonamides is 1. The van der Waals surface area contributed by atoms with E-state index in [0.717, 1.165) is 5.69 Å². The molecule has 0 bridgehead atoms. The topological polar surface area (TPSA) is 92.0 Å². The minimum Gasteiger partial charge on any atom is -0.344 e. The molecule has 0 radical (unpaired) electrons. The normalized spacial score (nSPS) is 11.0. The van der Waals surface area contributed by atoms with Gasteiger partial charge in [-0.2, -0.15) is 5.26 Å². The van der Waals surface area contributed by atoms with Gasteiger partial charge in [0.2, 0.25) is 10.0 Å². The lowest BCUT2D eigenvalue weighted by molar-refractivity contribution is 0.0973. The Hall–Kier alpha value is -2.59. The van der Waals surface area contributed by atoms with Crippen LogP contribution in [0.3, 0.4) is 0 Å². The van der Waals surface area contributed by atoms with Crippen molar-refractivity contribution < 1.29 is 13.2 Å². The molecule has 0 spiro atoms. The predicted molar refractivity (Wildman–Crippen MR) is 81.4 cm³/mol. The Morgan fingerprint density at radius 2 is 1.86 bits per heavy atom. The van der Waals surface area contributed by atoms with Crippen LogP contribution in [0.5, 0.6) is 0 Å². The second-order valence-corrected chi connectivity index (χ2v) is 6.64. The summed E-state index contributed by atoms with van der Waals surface area (Å²) < 4.78 is 27.8. The van der Waals surface area contributed by atoms with Gasteiger partial charge in [0.15, 0.2) is 0 Å². The van der Waals surface area contributed by atoms with Crippen molar-refractivity contribution >= 4 is 15.9 Å². The molecule has 1 heterocycles. The number of aryl methyl sites for hydroxylation is 1. The summed E-state index contributed by atoms with van der Waals surface area (Å²) in [4.78, 5) is 12.0. The number of hydrogen-bond donors (Lipinski definition) is 1. The average Bonchev–Trinajstić information content (AvgIpc) is 2.79. The molecule has 6 nitrogen and oxygen atoms in total. The van der Waals surface area contributed by atoms with Gasteiger partial charge >= 0.3 is 0 Å². The molecule has 0 aliphatic rings. The third-order valence-corrected chi connectivity index (χ3v) is 4.50. The number of nitrogens with zero attached hydrogens (tertiary/aromatic N) is 2. The number of rotatable bonds is 4. The molecule has 22 heavy (non-hydrogen) atoms. The van der Waals surface area contributed by atoms with E-state index in [4.69, 9.17) is 5.26 Å². The van der Waals surface area contributed by atoms with Gasteiger partial charge in [-0.3, -0.25) is 4.79 Å². The number of carbonyl (C=O) groups is 1. The Kier molecular flexibility index (Phi) is 4.33. The quantitative estimate of drug-likeness (QED) is 0.924. The van der Waals surface area contributed by atoms with E-state index in [1.54, 1.807) is 35.9 Å². The monoisotopic (exact) mass is 317 g/mol. The van der Waals surface area contributed by atoms with Gasteiger partial charge in [-0.1, -0.05) is 12.1 Å². The summed E-state index contributed by atoms with van der Waals surface area (Å²) in [5, 5.41) is 8.71. The molecular formula is C15H15N3O3S. The standard InChI is InChI=1S/C15H15N3O3S/c1-11-3-8-14(18(11)2)15(19)17-22(20,21)10-13-6-4-12(9-16)5-7-13/h3-8H,10H2,1-2H3,(H,17,19). The highest BCUT2D eigenvalue weighted by atomic mass is 32.2. The van der Waals surface area contributed by atoms with Crippen LogP contribution in [0, 0.1) is 18.3 Å². The summed E-state index contributed by atoms with van der Waals surface area (Å²) in [5.74, 6) is -0.988. The Bertz CT molecular complexity index is 843. The lowest BCUT2D eigenvalue weighted by Crippen LogP contribution is -2.32. The maximum absolute atomic E-state index is 12.1. The molecule has 0 saturated carbocycles. The van der Waals surface area contributed by atoms with Crippen molar-refractivity contribution in [1.29, 1.82) is 5.26 Å². The van der Waals surface area contributed by atoms with E-state index in [2.05, 4.69) is 4.72 Å². The SMILES string of the molecule is Cc1ccc(C(=O)NS(=O)(=O)Cc2ccc(C#N)cc2)n1C. The van der Waals surface area contributed by atoms with E-state index in [9.17, 15) is 13.2 Å². The molecule has 7 heteroatoms. The largest absolute Gasteiger partial charge is 0.344 e. The fourth-order valence-corrected chi connectivity index (χ4v) is 3.06. The molecule has 1 aromatic carbocycles. The van der Waals surface area contributed by atoms with E-state index >= 15 is 0 Å². The predicted octanol–water partition coefficient (Wildman–Crippen LogP) is 1.46. The third kappa shape index (κ3) is 3.54. The first-order chi connectivity index (χ1) is 10.3. The van der Waals surface area contributed by atoms with Gasteiger partial charge in [-0.25, -0.2) is 13.1 Å². The van der Waals surface area contributed by atoms with Crippen LogP contribution >= 0.6 is 0 Å². The summed E-state index contributed by atoms with van der Waals surface area (Å²) in [5.41, 5.74) is 2.09. The highest BCUT2D eigenvalue weighted by Crippen LogP contribution is 2.09. The van der Waals surface area contributed by atoms with Crippen molar-refractivity contribution in [2.45, 2.75) is 12.7 Å². The van der Waals surface area contributed by atoms with Crippen LogP contribution in [0.1, 0.15) is 27.3 Å². The molecule has 1 N–H and O–H groups in total. The number of aromatic nitrogens is 1. The second kappa shape index (κ2) is 6.03. The number of amides is 1. The van der Waals surface area contributed by atoms with Crippen molar-refractivity contribution in [2.75, 3.05) is 0 Å². The van der Waals surface area contributed by atoms with Gasteiger partial charge in [0.05, 0.1) is 17.4 Å². The van der Waals surface area contributed by atoms with Crippen LogP contribution in [0.25, 0.3) is 0 Å². The van der Waals surface area contributed by atoms with E-state index in [1.165, 1.54) is 12.1 Å². The molecule has 0 aliphatic heterocycles. The van der Waals surface area contributed by atoms with Crippen molar-refractivity contribution in [3.63, 3.8) is 0 Å². The van der Waals surface area contributed by atoms with Crippen LogP contribution in [0.2, 0.25) is 0 Å². The van der Waals surface area contributed by atoms with Crippen LogP contribution < -0.4 is 4.72 Å². The number of benzene rings is 1. The summed E-state index contributed by atoms with van der Waals surface area (Å²) in [6.07, 6.45) is 0. The van der Waals surface area contributed by atoms with Crippen LogP contribution in [-0.2, 0) is 22.8 Å². The summed E-state index contributed by atoms with van der Waals surface area (Å²) >= 11 is 0. The zero-order valence-corrected chi connectivity index (χ0v) is 13.0. The molecule has 2 rings (SSSR count). The Morgan fingerprint density at radius 1 is 1.23 bits per heavy atom. The fraction of sp³-hybridized carbons (Fsp3) is 0.200. The van der Waals surface area contributed by atoms with Gasteiger partial charge < -0.3 is 4.57 Å². The van der Waals surface area contributed by atoms with Crippen molar-refractivity contribution in [1.82, 2.24) is 9.29 Å². The molecule has 114 valence electrons. The average molecular weight is 317 g/mol. The lowest BCUT2D eigenvalue weighted by atomic mass is 10.2. The zero-order chi connectivity index (χ0) is 16.3. The van der Waals surface area contributed by atoms with Gasteiger partial charge in [-0.05, 0) is 36.8 Å². The van der Waals surface area contributed by atoms with E-state index in [0.29, 0.717) is 11.1 Å². The first kappa shape index (κ1) is 15.8. The molecule has 1 aromatic heterocycles. The molecule has 1 amide bonds. The first-order valence-electron chi connectivity index (χ1n) is 6.48. The summed E-state index contributed by atoms with van der Waals surface area (Å²) in [6.45, 7) is 1.82. The maximum atomic E-state index is 12.1. The highest BCUT2D eigenvalue weighted by molar-refractivity contribution is 7.89. The van der Waals surface area contributed by atoms with Gasteiger partial charge in [-0.15, -0.1) is 0 Å². The Balaban J connectivity index is 2.12. The molecule has 0 aliphatic carbocycles. The van der Waals surface area contributed by atoms with Crippen molar-refractivity contribution in [3.8, 4) is 6.07 Å². The third-order valence-electron chi connectivity index (χ3n) is 3.29. The minimum atomic E-state index is -3.80. The molecule has 0 atom stereocenters. The summed E-state index contributed by atoms with van der Waals surface area (Å²) in [6, 6.07) is 11.4. The maximum Gasteiger partial charge on any atom is 0.281 e. The van der Waals surface area contributed by atoms with Crippen molar-refractivity contribution in [3.05, 3.63) is 58.9 Å². The first-order valence-corrected chi connectivity index (χ1v) is 8.14. The van der Waals surface area contributed by atoms with E-state index in [-0.39, 0.29) is 11.4 Å². The van der Waals surface area contributed by atoms with Gasteiger partial charge in [0, 0.05) is 12.7 Å². The number of hydrogen-bond acceptors (Lipinski definition) is 4. The van der Waals surface area contributed by atoms with Crippen LogP contribution in [-0.4, -0.2) is 18.9 Å². The van der Waals surface area contributed by atoms with Crippen LogP contribution in [0.4, 0.5) is 0 Å². The smallest absolute Gasteiger partial charge is 0.281 e.